The fourth-order valence-corrected chi connectivity index (χ4v) is 0.968. The second kappa shape index (κ2) is 5.14. The number of aromatic nitrogens is 2. The number of carbonyl (C=O) groups excluding carboxylic acids is 1. The highest BCUT2D eigenvalue weighted by Crippen LogP contribution is 1.96. The van der Waals surface area contributed by atoms with E-state index in [1.165, 1.54) is 19.2 Å². The summed E-state index contributed by atoms with van der Waals surface area (Å²) in [5.41, 5.74) is -0.213. The summed E-state index contributed by atoms with van der Waals surface area (Å²) in [5, 5.41) is 9.01. The van der Waals surface area contributed by atoms with Crippen molar-refractivity contribution >= 4 is 11.8 Å². The molecule has 0 saturated carbocycles. The van der Waals surface area contributed by atoms with E-state index < -0.39 is 0 Å². The van der Waals surface area contributed by atoms with Crippen LogP contribution >= 0.6 is 0 Å². The van der Waals surface area contributed by atoms with Gasteiger partial charge in [0.1, 0.15) is 0 Å². The van der Waals surface area contributed by atoms with E-state index >= 15 is 0 Å². The Morgan fingerprint density at radius 1 is 1.53 bits per heavy atom. The van der Waals surface area contributed by atoms with Crippen LogP contribution in [0.2, 0.25) is 0 Å². The van der Waals surface area contributed by atoms with Crippen LogP contribution in [0.3, 0.4) is 0 Å². The van der Waals surface area contributed by atoms with Crippen molar-refractivity contribution in [2.24, 2.45) is 7.05 Å². The molecule has 0 aliphatic carbocycles. The van der Waals surface area contributed by atoms with Crippen LogP contribution in [-0.2, 0) is 7.05 Å². The molecule has 1 rings (SSSR count). The average molecular weight is 210 g/mol. The highest BCUT2D eigenvalue weighted by molar-refractivity contribution is 5.87. The number of hydrogen-bond donors (Lipinski definition) is 2. The Bertz CT molecular complexity index is 399. The van der Waals surface area contributed by atoms with Crippen molar-refractivity contribution in [2.75, 3.05) is 11.9 Å². The van der Waals surface area contributed by atoms with E-state index in [2.05, 4.69) is 15.7 Å². The summed E-state index contributed by atoms with van der Waals surface area (Å²) in [4.78, 5) is 22.2. The van der Waals surface area contributed by atoms with Crippen LogP contribution in [0, 0.1) is 0 Å². The molecule has 0 aliphatic rings. The lowest BCUT2D eigenvalue weighted by molar-refractivity contribution is 0.252. The molecule has 0 bridgehead atoms. The molecule has 0 radical (unpaired) electrons. The van der Waals surface area contributed by atoms with Gasteiger partial charge in [-0.15, -0.1) is 0 Å². The van der Waals surface area contributed by atoms with E-state index in [9.17, 15) is 9.59 Å². The predicted molar refractivity (Wildman–Crippen MR) is 56.8 cm³/mol. The summed E-state index contributed by atoms with van der Waals surface area (Å²) in [6, 6.07) is 2.50. The SMILES string of the molecule is CCCNC(=O)Nc1ccc(=O)n(C)n1. The Morgan fingerprint density at radius 2 is 2.27 bits per heavy atom. The van der Waals surface area contributed by atoms with E-state index in [-0.39, 0.29) is 11.6 Å². The maximum atomic E-state index is 11.2. The number of carbonyl (C=O) groups is 1. The zero-order valence-corrected chi connectivity index (χ0v) is 8.78. The Hall–Kier alpha value is -1.85. The Kier molecular flexibility index (Phi) is 3.84. The average Bonchev–Trinajstić information content (AvgIpc) is 2.20. The van der Waals surface area contributed by atoms with Crippen molar-refractivity contribution in [2.45, 2.75) is 13.3 Å². The fourth-order valence-electron chi connectivity index (χ4n) is 0.968. The summed E-state index contributed by atoms with van der Waals surface area (Å²) in [6.07, 6.45) is 0.869. The molecule has 0 fully saturated rings. The molecule has 6 heteroatoms. The lowest BCUT2D eigenvalue weighted by Gasteiger charge is -2.06. The van der Waals surface area contributed by atoms with E-state index in [4.69, 9.17) is 0 Å². The van der Waals surface area contributed by atoms with E-state index in [0.29, 0.717) is 12.4 Å². The van der Waals surface area contributed by atoms with Crippen LogP contribution in [0.25, 0.3) is 0 Å². The number of amides is 2. The third-order valence-corrected chi connectivity index (χ3v) is 1.74. The zero-order valence-electron chi connectivity index (χ0n) is 8.78. The second-order valence-corrected chi connectivity index (χ2v) is 3.06. The van der Waals surface area contributed by atoms with E-state index in [1.54, 1.807) is 0 Å². The first-order valence-electron chi connectivity index (χ1n) is 4.72. The molecule has 15 heavy (non-hydrogen) atoms. The molecule has 0 atom stereocenters. The van der Waals surface area contributed by atoms with Crippen molar-refractivity contribution < 1.29 is 4.79 Å². The van der Waals surface area contributed by atoms with Crippen LogP contribution in [-0.4, -0.2) is 22.4 Å². The summed E-state index contributed by atoms with van der Waals surface area (Å²) in [5.74, 6) is 0.353. The largest absolute Gasteiger partial charge is 0.338 e. The second-order valence-electron chi connectivity index (χ2n) is 3.06. The molecule has 1 aromatic heterocycles. The van der Waals surface area contributed by atoms with Gasteiger partial charge in [-0.3, -0.25) is 10.1 Å². The van der Waals surface area contributed by atoms with Gasteiger partial charge in [0.05, 0.1) is 0 Å². The molecule has 1 heterocycles. The third kappa shape index (κ3) is 3.41. The Balaban J connectivity index is 2.61. The van der Waals surface area contributed by atoms with E-state index in [1.807, 2.05) is 6.92 Å². The minimum Gasteiger partial charge on any atom is -0.338 e. The number of aryl methyl sites for hydroxylation is 1. The normalized spacial score (nSPS) is 9.73. The topological polar surface area (TPSA) is 76.0 Å². The molecule has 82 valence electrons. The van der Waals surface area contributed by atoms with Gasteiger partial charge in [-0.05, 0) is 12.5 Å². The first kappa shape index (κ1) is 11.2. The minimum absolute atomic E-state index is 0.213. The maximum Gasteiger partial charge on any atom is 0.320 e. The van der Waals surface area contributed by atoms with Crippen LogP contribution < -0.4 is 16.2 Å². The first-order chi connectivity index (χ1) is 7.13. The van der Waals surface area contributed by atoms with E-state index in [0.717, 1.165) is 11.1 Å². The van der Waals surface area contributed by atoms with Crippen LogP contribution in [0.4, 0.5) is 10.6 Å². The zero-order chi connectivity index (χ0) is 11.3. The first-order valence-corrected chi connectivity index (χ1v) is 4.72. The highest BCUT2D eigenvalue weighted by atomic mass is 16.2. The smallest absolute Gasteiger partial charge is 0.320 e. The summed E-state index contributed by atoms with van der Waals surface area (Å²) < 4.78 is 1.16. The molecule has 2 amide bonds. The summed E-state index contributed by atoms with van der Waals surface area (Å²) in [7, 11) is 1.53. The Labute approximate surface area is 87.3 Å². The molecule has 0 unspecified atom stereocenters. The quantitative estimate of drug-likeness (QED) is 0.754. The van der Waals surface area contributed by atoms with Gasteiger partial charge in [0.2, 0.25) is 0 Å². The molecule has 6 nitrogen and oxygen atoms in total. The fraction of sp³-hybridized carbons (Fsp3) is 0.444. The predicted octanol–water partition coefficient (Wildman–Crippen LogP) is 0.312. The number of nitrogens with one attached hydrogen (secondary N) is 2. The van der Waals surface area contributed by atoms with Crippen molar-refractivity contribution in [1.82, 2.24) is 15.1 Å². The maximum absolute atomic E-state index is 11.2. The van der Waals surface area contributed by atoms with Crippen molar-refractivity contribution in [3.05, 3.63) is 22.5 Å². The number of hydrogen-bond acceptors (Lipinski definition) is 3. The van der Waals surface area contributed by atoms with Crippen molar-refractivity contribution in [3.63, 3.8) is 0 Å². The van der Waals surface area contributed by atoms with Crippen LogP contribution in [0.1, 0.15) is 13.3 Å². The highest BCUT2D eigenvalue weighted by Gasteiger charge is 2.01. The summed E-state index contributed by atoms with van der Waals surface area (Å²) in [6.45, 7) is 2.57. The van der Waals surface area contributed by atoms with Gasteiger partial charge in [-0.25, -0.2) is 9.48 Å². The number of anilines is 1. The third-order valence-electron chi connectivity index (χ3n) is 1.74. The monoisotopic (exact) mass is 210 g/mol. The number of nitrogens with zero attached hydrogens (tertiary/aromatic N) is 2. The van der Waals surface area contributed by atoms with Gasteiger partial charge < -0.3 is 5.32 Å². The molecule has 0 saturated heterocycles. The van der Waals surface area contributed by atoms with Crippen LogP contribution in [0.5, 0.6) is 0 Å². The molecular formula is C9H14N4O2. The molecule has 0 spiro atoms. The summed E-state index contributed by atoms with van der Waals surface area (Å²) >= 11 is 0. The Morgan fingerprint density at radius 3 is 2.87 bits per heavy atom. The molecule has 1 aromatic rings. The lowest BCUT2D eigenvalue weighted by atomic mass is 10.5. The van der Waals surface area contributed by atoms with Gasteiger partial charge >= 0.3 is 6.03 Å². The standard InChI is InChI=1S/C9H14N4O2/c1-3-6-10-9(15)11-7-4-5-8(14)13(2)12-7/h4-5H,3,6H2,1-2H3,(H2,10,11,12,15). The molecule has 0 aliphatic heterocycles. The minimum atomic E-state index is -0.317. The van der Waals surface area contributed by atoms with Gasteiger partial charge in [-0.2, -0.15) is 5.10 Å². The molecular weight excluding hydrogens is 196 g/mol. The van der Waals surface area contributed by atoms with Crippen LogP contribution in [0.15, 0.2) is 16.9 Å². The lowest BCUT2D eigenvalue weighted by Crippen LogP contribution is -2.30. The molecule has 2 N–H and O–H groups in total. The van der Waals surface area contributed by atoms with Gasteiger partial charge in [0.15, 0.2) is 5.82 Å². The van der Waals surface area contributed by atoms with Gasteiger partial charge in [-0.1, -0.05) is 6.92 Å². The van der Waals surface area contributed by atoms with Gasteiger partial charge in [0, 0.05) is 19.7 Å². The van der Waals surface area contributed by atoms with Crippen molar-refractivity contribution in [1.29, 1.82) is 0 Å². The van der Waals surface area contributed by atoms with Crippen molar-refractivity contribution in [3.8, 4) is 0 Å². The van der Waals surface area contributed by atoms with Gasteiger partial charge in [0.25, 0.3) is 5.56 Å². The molecule has 0 aromatic carbocycles. The number of urea groups is 1. The number of rotatable bonds is 3.